The monoisotopic (exact) mass is 430 g/mol. The Bertz CT molecular complexity index is 1190. The summed E-state index contributed by atoms with van der Waals surface area (Å²) in [6, 6.07) is 24.2. The molecule has 0 unspecified atom stereocenters. The van der Waals surface area contributed by atoms with Gasteiger partial charge in [0.05, 0.1) is 12.6 Å². The molecule has 0 amide bonds. The summed E-state index contributed by atoms with van der Waals surface area (Å²) < 4.78 is 5.28. The van der Waals surface area contributed by atoms with Crippen molar-refractivity contribution >= 4 is 34.0 Å². The number of aromatic nitrogens is 2. The fourth-order valence-corrected chi connectivity index (χ4v) is 4.12. The number of para-hydroxylation sites is 1. The first kappa shape index (κ1) is 19.6. The molecular weight excluding hydrogens is 408 g/mol. The quantitative estimate of drug-likeness (QED) is 0.440. The van der Waals surface area contributed by atoms with Gasteiger partial charge in [-0.3, -0.25) is 0 Å². The summed E-state index contributed by atoms with van der Waals surface area (Å²) in [5.41, 5.74) is 3.14. The lowest BCUT2D eigenvalue weighted by atomic mass is 10.1. The second kappa shape index (κ2) is 8.44. The van der Waals surface area contributed by atoms with Crippen LogP contribution in [-0.4, -0.2) is 43.3 Å². The molecule has 0 N–H and O–H groups in total. The third-order valence-corrected chi connectivity index (χ3v) is 5.95. The van der Waals surface area contributed by atoms with E-state index in [0.29, 0.717) is 5.02 Å². The molecule has 5 nitrogen and oxygen atoms in total. The molecule has 0 saturated carbocycles. The van der Waals surface area contributed by atoms with Gasteiger partial charge in [0.2, 0.25) is 0 Å². The molecule has 0 radical (unpaired) electrons. The molecule has 0 atom stereocenters. The van der Waals surface area contributed by atoms with Crippen molar-refractivity contribution < 1.29 is 4.74 Å². The summed E-state index contributed by atoms with van der Waals surface area (Å²) in [7, 11) is 1.69. The largest absolute Gasteiger partial charge is 0.497 e. The maximum atomic E-state index is 6.07. The number of piperazine rings is 1. The minimum Gasteiger partial charge on any atom is -0.497 e. The van der Waals surface area contributed by atoms with Crippen LogP contribution in [0.3, 0.4) is 0 Å². The molecule has 0 bridgehead atoms. The topological polar surface area (TPSA) is 41.5 Å². The molecule has 1 saturated heterocycles. The Morgan fingerprint density at radius 1 is 0.774 bits per heavy atom. The van der Waals surface area contributed by atoms with E-state index in [9.17, 15) is 0 Å². The average molecular weight is 431 g/mol. The first-order valence-electron chi connectivity index (χ1n) is 10.4. The number of halogens is 1. The number of methoxy groups -OCH3 is 1. The molecule has 1 aliphatic rings. The number of hydrogen-bond donors (Lipinski definition) is 0. The highest BCUT2D eigenvalue weighted by Gasteiger charge is 2.21. The van der Waals surface area contributed by atoms with Crippen LogP contribution in [0.15, 0.2) is 72.8 Å². The van der Waals surface area contributed by atoms with Crippen LogP contribution in [-0.2, 0) is 0 Å². The molecular formula is C25H23ClN4O. The molecule has 156 valence electrons. The van der Waals surface area contributed by atoms with Crippen molar-refractivity contribution in [3.8, 4) is 17.1 Å². The van der Waals surface area contributed by atoms with Gasteiger partial charge in [0, 0.05) is 47.8 Å². The van der Waals surface area contributed by atoms with Gasteiger partial charge in [0.1, 0.15) is 11.6 Å². The lowest BCUT2D eigenvalue weighted by Crippen LogP contribution is -2.47. The molecule has 31 heavy (non-hydrogen) atoms. The van der Waals surface area contributed by atoms with Crippen LogP contribution in [0.1, 0.15) is 0 Å². The zero-order chi connectivity index (χ0) is 21.2. The molecule has 1 fully saturated rings. The van der Waals surface area contributed by atoms with E-state index in [1.54, 1.807) is 7.11 Å². The molecule has 6 heteroatoms. The Morgan fingerprint density at radius 2 is 1.45 bits per heavy atom. The fraction of sp³-hybridized carbons (Fsp3) is 0.200. The maximum Gasteiger partial charge on any atom is 0.162 e. The second-order valence-electron chi connectivity index (χ2n) is 7.57. The lowest BCUT2D eigenvalue weighted by molar-refractivity contribution is 0.415. The van der Waals surface area contributed by atoms with Crippen molar-refractivity contribution in [1.29, 1.82) is 0 Å². The minimum atomic E-state index is 0.708. The highest BCUT2D eigenvalue weighted by molar-refractivity contribution is 6.30. The number of ether oxygens (including phenoxy) is 1. The Balaban J connectivity index is 1.43. The molecule has 1 aromatic heterocycles. The first-order valence-corrected chi connectivity index (χ1v) is 10.8. The van der Waals surface area contributed by atoms with Gasteiger partial charge in [-0.15, -0.1) is 0 Å². The van der Waals surface area contributed by atoms with E-state index >= 15 is 0 Å². The van der Waals surface area contributed by atoms with Crippen LogP contribution < -0.4 is 14.5 Å². The van der Waals surface area contributed by atoms with Crippen molar-refractivity contribution in [2.45, 2.75) is 0 Å². The normalized spacial score (nSPS) is 14.1. The van der Waals surface area contributed by atoms with Crippen LogP contribution in [0, 0.1) is 0 Å². The highest BCUT2D eigenvalue weighted by Crippen LogP contribution is 2.29. The Hall–Kier alpha value is -3.31. The molecule has 2 heterocycles. The summed E-state index contributed by atoms with van der Waals surface area (Å²) in [4.78, 5) is 14.6. The summed E-state index contributed by atoms with van der Waals surface area (Å²) >= 11 is 6.07. The minimum absolute atomic E-state index is 0.708. The van der Waals surface area contributed by atoms with E-state index in [-0.39, 0.29) is 0 Å². The van der Waals surface area contributed by atoms with E-state index in [2.05, 4.69) is 28.0 Å². The van der Waals surface area contributed by atoms with Crippen LogP contribution in [0.25, 0.3) is 22.3 Å². The van der Waals surface area contributed by atoms with Crippen LogP contribution >= 0.6 is 11.6 Å². The van der Waals surface area contributed by atoms with Gasteiger partial charge in [-0.1, -0.05) is 23.7 Å². The fourth-order valence-electron chi connectivity index (χ4n) is 4.00. The Labute approximate surface area is 186 Å². The molecule has 1 aliphatic heterocycles. The lowest BCUT2D eigenvalue weighted by Gasteiger charge is -2.37. The predicted molar refractivity (Wildman–Crippen MR) is 127 cm³/mol. The van der Waals surface area contributed by atoms with Crippen molar-refractivity contribution in [3.05, 3.63) is 77.8 Å². The Morgan fingerprint density at radius 3 is 2.16 bits per heavy atom. The van der Waals surface area contributed by atoms with Crippen molar-refractivity contribution in [3.63, 3.8) is 0 Å². The third kappa shape index (κ3) is 4.01. The number of nitrogens with zero attached hydrogens (tertiary/aromatic N) is 4. The number of rotatable bonds is 4. The van der Waals surface area contributed by atoms with E-state index < -0.39 is 0 Å². The summed E-state index contributed by atoms with van der Waals surface area (Å²) in [5, 5.41) is 1.79. The zero-order valence-corrected chi connectivity index (χ0v) is 18.1. The molecule has 0 spiro atoms. The third-order valence-electron chi connectivity index (χ3n) is 5.70. The molecule has 0 aliphatic carbocycles. The maximum absolute atomic E-state index is 6.07. The zero-order valence-electron chi connectivity index (χ0n) is 17.3. The molecule has 3 aromatic carbocycles. The first-order chi connectivity index (χ1) is 15.2. The predicted octanol–water partition coefficient (Wildman–Crippen LogP) is 5.29. The summed E-state index contributed by atoms with van der Waals surface area (Å²) in [5.74, 6) is 2.59. The summed E-state index contributed by atoms with van der Waals surface area (Å²) in [6.45, 7) is 3.65. The number of benzene rings is 3. The van der Waals surface area contributed by atoms with Gasteiger partial charge >= 0.3 is 0 Å². The van der Waals surface area contributed by atoms with Gasteiger partial charge in [-0.2, -0.15) is 0 Å². The van der Waals surface area contributed by atoms with Gasteiger partial charge < -0.3 is 14.5 Å². The van der Waals surface area contributed by atoms with Gasteiger partial charge in [-0.25, -0.2) is 9.97 Å². The number of hydrogen-bond acceptors (Lipinski definition) is 5. The van der Waals surface area contributed by atoms with E-state index in [0.717, 1.165) is 60.0 Å². The van der Waals surface area contributed by atoms with E-state index in [1.165, 1.54) is 5.69 Å². The van der Waals surface area contributed by atoms with Gasteiger partial charge in [-0.05, 0) is 60.7 Å². The van der Waals surface area contributed by atoms with Crippen LogP contribution in [0.2, 0.25) is 5.02 Å². The van der Waals surface area contributed by atoms with Crippen LogP contribution in [0.5, 0.6) is 5.75 Å². The average Bonchev–Trinajstić information content (AvgIpc) is 2.84. The van der Waals surface area contributed by atoms with Crippen molar-refractivity contribution in [2.75, 3.05) is 43.1 Å². The Kier molecular flexibility index (Phi) is 5.35. The van der Waals surface area contributed by atoms with Crippen molar-refractivity contribution in [1.82, 2.24) is 9.97 Å². The molecule has 4 aromatic rings. The number of fused-ring (bicyclic) bond motifs is 1. The number of anilines is 2. The van der Waals surface area contributed by atoms with Gasteiger partial charge in [0.15, 0.2) is 5.82 Å². The van der Waals surface area contributed by atoms with Gasteiger partial charge in [0.25, 0.3) is 0 Å². The van der Waals surface area contributed by atoms with Crippen molar-refractivity contribution in [2.24, 2.45) is 0 Å². The highest BCUT2D eigenvalue weighted by atomic mass is 35.5. The van der Waals surface area contributed by atoms with E-state index in [1.807, 2.05) is 54.6 Å². The SMILES string of the molecule is COc1ccc(N2CCN(c3nc(-c4ccc(Cl)cc4)nc4ccccc34)CC2)cc1. The van der Waals surface area contributed by atoms with Crippen LogP contribution in [0.4, 0.5) is 11.5 Å². The molecule has 5 rings (SSSR count). The second-order valence-corrected chi connectivity index (χ2v) is 8.00. The summed E-state index contributed by atoms with van der Waals surface area (Å²) in [6.07, 6.45) is 0. The van der Waals surface area contributed by atoms with E-state index in [4.69, 9.17) is 26.3 Å². The standard InChI is InChI=1S/C25H23ClN4O/c1-31-21-12-10-20(11-13-21)29-14-16-30(17-15-29)25-22-4-2-3-5-23(22)27-24(28-25)18-6-8-19(26)9-7-18/h2-13H,14-17H2,1H3. The smallest absolute Gasteiger partial charge is 0.162 e.